The maximum atomic E-state index is 5.45. The average Bonchev–Trinajstić information content (AvgIpc) is 2.73. The SMILES string of the molecule is COc1ccccc1CCc1ncc(N)o1. The lowest BCUT2D eigenvalue weighted by Crippen LogP contribution is -1.95. The van der Waals surface area contributed by atoms with Crippen molar-refractivity contribution >= 4 is 5.88 Å². The number of aromatic nitrogens is 1. The molecule has 16 heavy (non-hydrogen) atoms. The van der Waals surface area contributed by atoms with Crippen LogP contribution in [0.15, 0.2) is 34.9 Å². The van der Waals surface area contributed by atoms with E-state index in [1.807, 2.05) is 24.3 Å². The molecule has 0 amide bonds. The Labute approximate surface area is 94.1 Å². The van der Waals surface area contributed by atoms with E-state index in [2.05, 4.69) is 4.98 Å². The molecule has 0 aliphatic carbocycles. The number of hydrogen-bond acceptors (Lipinski definition) is 4. The van der Waals surface area contributed by atoms with E-state index in [-0.39, 0.29) is 0 Å². The molecule has 2 rings (SSSR count). The van der Waals surface area contributed by atoms with Crippen LogP contribution in [0.5, 0.6) is 5.75 Å². The van der Waals surface area contributed by atoms with Crippen molar-refractivity contribution < 1.29 is 9.15 Å². The van der Waals surface area contributed by atoms with Crippen LogP contribution in [0.3, 0.4) is 0 Å². The van der Waals surface area contributed by atoms with Gasteiger partial charge in [-0.15, -0.1) is 0 Å². The van der Waals surface area contributed by atoms with E-state index < -0.39 is 0 Å². The van der Waals surface area contributed by atoms with E-state index in [9.17, 15) is 0 Å². The van der Waals surface area contributed by atoms with Gasteiger partial charge in [-0.3, -0.25) is 0 Å². The second-order valence-electron chi connectivity index (χ2n) is 3.47. The predicted molar refractivity (Wildman–Crippen MR) is 61.3 cm³/mol. The summed E-state index contributed by atoms with van der Waals surface area (Å²) in [5, 5.41) is 0. The second kappa shape index (κ2) is 4.70. The molecule has 0 atom stereocenters. The summed E-state index contributed by atoms with van der Waals surface area (Å²) < 4.78 is 10.5. The van der Waals surface area contributed by atoms with E-state index in [0.29, 0.717) is 11.8 Å². The second-order valence-corrected chi connectivity index (χ2v) is 3.47. The summed E-state index contributed by atoms with van der Waals surface area (Å²) in [4.78, 5) is 4.05. The summed E-state index contributed by atoms with van der Waals surface area (Å²) in [6, 6.07) is 7.91. The van der Waals surface area contributed by atoms with Crippen molar-refractivity contribution in [2.45, 2.75) is 12.8 Å². The predicted octanol–water partition coefficient (Wildman–Crippen LogP) is 2.05. The van der Waals surface area contributed by atoms with Crippen molar-refractivity contribution in [1.29, 1.82) is 0 Å². The summed E-state index contributed by atoms with van der Waals surface area (Å²) in [6.45, 7) is 0. The van der Waals surface area contributed by atoms with E-state index in [4.69, 9.17) is 14.9 Å². The van der Waals surface area contributed by atoms with Crippen molar-refractivity contribution in [3.63, 3.8) is 0 Å². The van der Waals surface area contributed by atoms with Crippen molar-refractivity contribution in [2.24, 2.45) is 0 Å². The quantitative estimate of drug-likeness (QED) is 0.853. The topological polar surface area (TPSA) is 61.3 Å². The number of methoxy groups -OCH3 is 1. The van der Waals surface area contributed by atoms with Crippen molar-refractivity contribution in [2.75, 3.05) is 12.8 Å². The number of nitrogen functional groups attached to an aromatic ring is 1. The Hall–Kier alpha value is -1.97. The normalized spacial score (nSPS) is 10.3. The molecule has 1 heterocycles. The Bertz CT molecular complexity index is 466. The highest BCUT2D eigenvalue weighted by molar-refractivity contribution is 5.33. The molecule has 4 heteroatoms. The van der Waals surface area contributed by atoms with Crippen LogP contribution in [0.2, 0.25) is 0 Å². The molecule has 1 aromatic carbocycles. The lowest BCUT2D eigenvalue weighted by Gasteiger charge is -2.06. The minimum Gasteiger partial charge on any atom is -0.496 e. The molecule has 0 unspecified atom stereocenters. The van der Waals surface area contributed by atoms with Gasteiger partial charge in [0.25, 0.3) is 0 Å². The Balaban J connectivity index is 2.04. The lowest BCUT2D eigenvalue weighted by atomic mass is 10.1. The minimum atomic E-state index is 0.357. The van der Waals surface area contributed by atoms with Gasteiger partial charge in [0.15, 0.2) is 5.89 Å². The summed E-state index contributed by atoms with van der Waals surface area (Å²) in [7, 11) is 1.67. The number of oxazole rings is 1. The average molecular weight is 218 g/mol. The Morgan fingerprint density at radius 1 is 1.31 bits per heavy atom. The molecule has 0 saturated heterocycles. The van der Waals surface area contributed by atoms with Crippen LogP contribution in [0.1, 0.15) is 11.5 Å². The molecule has 1 aromatic heterocycles. The molecule has 2 N–H and O–H groups in total. The van der Waals surface area contributed by atoms with Gasteiger partial charge in [0, 0.05) is 6.42 Å². The fraction of sp³-hybridized carbons (Fsp3) is 0.250. The van der Waals surface area contributed by atoms with Gasteiger partial charge in [-0.05, 0) is 18.1 Å². The maximum Gasteiger partial charge on any atom is 0.211 e. The number of ether oxygens (including phenoxy) is 1. The number of anilines is 1. The minimum absolute atomic E-state index is 0.357. The van der Waals surface area contributed by atoms with Crippen LogP contribution in [0.25, 0.3) is 0 Å². The van der Waals surface area contributed by atoms with Gasteiger partial charge in [0.05, 0.1) is 13.3 Å². The first-order chi connectivity index (χ1) is 7.79. The lowest BCUT2D eigenvalue weighted by molar-refractivity contribution is 0.408. The number of nitrogens with two attached hydrogens (primary N) is 1. The highest BCUT2D eigenvalue weighted by Crippen LogP contribution is 2.19. The fourth-order valence-corrected chi connectivity index (χ4v) is 1.59. The molecular formula is C12H14N2O2. The first kappa shape index (κ1) is 10.5. The van der Waals surface area contributed by atoms with Crippen molar-refractivity contribution in [3.05, 3.63) is 41.9 Å². The highest BCUT2D eigenvalue weighted by Gasteiger charge is 2.05. The van der Waals surface area contributed by atoms with E-state index in [1.165, 1.54) is 6.20 Å². The zero-order valence-corrected chi connectivity index (χ0v) is 9.14. The largest absolute Gasteiger partial charge is 0.496 e. The van der Waals surface area contributed by atoms with Crippen LogP contribution in [-0.2, 0) is 12.8 Å². The van der Waals surface area contributed by atoms with E-state index in [0.717, 1.165) is 24.2 Å². The third kappa shape index (κ3) is 2.34. The van der Waals surface area contributed by atoms with Gasteiger partial charge in [-0.2, -0.15) is 0 Å². The Morgan fingerprint density at radius 2 is 2.12 bits per heavy atom. The van der Waals surface area contributed by atoms with Gasteiger partial charge >= 0.3 is 0 Å². The number of rotatable bonds is 4. The third-order valence-corrected chi connectivity index (χ3v) is 2.37. The van der Waals surface area contributed by atoms with Crippen LogP contribution in [-0.4, -0.2) is 12.1 Å². The molecular weight excluding hydrogens is 204 g/mol. The van der Waals surface area contributed by atoms with Gasteiger partial charge in [0.2, 0.25) is 5.88 Å². The van der Waals surface area contributed by atoms with Crippen LogP contribution < -0.4 is 10.5 Å². The maximum absolute atomic E-state index is 5.45. The summed E-state index contributed by atoms with van der Waals surface area (Å²) >= 11 is 0. The molecule has 84 valence electrons. The van der Waals surface area contributed by atoms with E-state index in [1.54, 1.807) is 7.11 Å². The van der Waals surface area contributed by atoms with Gasteiger partial charge in [0.1, 0.15) is 5.75 Å². The molecule has 0 fully saturated rings. The van der Waals surface area contributed by atoms with Crippen LogP contribution >= 0.6 is 0 Å². The van der Waals surface area contributed by atoms with E-state index >= 15 is 0 Å². The highest BCUT2D eigenvalue weighted by atomic mass is 16.5. The van der Waals surface area contributed by atoms with Crippen molar-refractivity contribution in [3.8, 4) is 5.75 Å². The zero-order valence-electron chi connectivity index (χ0n) is 9.14. The molecule has 0 bridgehead atoms. The standard InChI is InChI=1S/C12H14N2O2/c1-15-10-5-3-2-4-9(10)6-7-12-14-8-11(13)16-12/h2-5,8H,6-7,13H2,1H3. The molecule has 2 aromatic rings. The summed E-state index contributed by atoms with van der Waals surface area (Å²) in [5.74, 6) is 1.90. The van der Waals surface area contributed by atoms with Gasteiger partial charge < -0.3 is 14.9 Å². The van der Waals surface area contributed by atoms with Crippen LogP contribution in [0.4, 0.5) is 5.88 Å². The molecule has 4 nitrogen and oxygen atoms in total. The Kier molecular flexibility index (Phi) is 3.10. The van der Waals surface area contributed by atoms with Gasteiger partial charge in [-0.1, -0.05) is 18.2 Å². The van der Waals surface area contributed by atoms with Gasteiger partial charge in [-0.25, -0.2) is 4.98 Å². The first-order valence-electron chi connectivity index (χ1n) is 5.11. The fourth-order valence-electron chi connectivity index (χ4n) is 1.59. The number of hydrogen-bond donors (Lipinski definition) is 1. The summed E-state index contributed by atoms with van der Waals surface area (Å²) in [6.07, 6.45) is 3.07. The number of nitrogens with zero attached hydrogens (tertiary/aromatic N) is 1. The monoisotopic (exact) mass is 218 g/mol. The molecule has 0 saturated carbocycles. The van der Waals surface area contributed by atoms with Crippen molar-refractivity contribution in [1.82, 2.24) is 4.98 Å². The Morgan fingerprint density at radius 3 is 2.81 bits per heavy atom. The number of para-hydroxylation sites is 1. The molecule has 0 aliphatic heterocycles. The number of aryl methyl sites for hydroxylation is 2. The first-order valence-corrected chi connectivity index (χ1v) is 5.11. The molecule has 0 aliphatic rings. The third-order valence-electron chi connectivity index (χ3n) is 2.37. The number of benzene rings is 1. The zero-order chi connectivity index (χ0) is 11.4. The smallest absolute Gasteiger partial charge is 0.211 e. The summed E-state index contributed by atoms with van der Waals surface area (Å²) in [5.41, 5.74) is 6.59. The van der Waals surface area contributed by atoms with Crippen LogP contribution in [0, 0.1) is 0 Å². The molecule has 0 spiro atoms. The molecule has 0 radical (unpaired) electrons.